The number of nitrogens with zero attached hydrogens (tertiary/aromatic N) is 1. The summed E-state index contributed by atoms with van der Waals surface area (Å²) in [6.07, 6.45) is 2.17. The van der Waals surface area contributed by atoms with Gasteiger partial charge in [-0.1, -0.05) is 19.9 Å². The highest BCUT2D eigenvalue weighted by atomic mass is 32.2. The van der Waals surface area contributed by atoms with E-state index < -0.39 is 20.0 Å². The summed E-state index contributed by atoms with van der Waals surface area (Å²) in [7, 11) is -7.02. The second-order valence-corrected chi connectivity index (χ2v) is 10.4. The fraction of sp³-hybridized carbons (Fsp3) is 0.625. The molecule has 0 radical (unpaired) electrons. The molecule has 1 aromatic carbocycles. The van der Waals surface area contributed by atoms with Crippen LogP contribution >= 0.6 is 0 Å². The molecule has 1 heterocycles. The van der Waals surface area contributed by atoms with E-state index in [1.54, 1.807) is 19.1 Å². The first-order valence-corrected chi connectivity index (χ1v) is 11.3. The lowest BCUT2D eigenvalue weighted by Crippen LogP contribution is -2.38. The molecule has 136 valence electrons. The number of benzene rings is 1. The van der Waals surface area contributed by atoms with E-state index in [9.17, 15) is 16.8 Å². The number of nitrogens with one attached hydrogen (secondary N) is 1. The van der Waals surface area contributed by atoms with Crippen LogP contribution in [0.3, 0.4) is 0 Å². The molecule has 1 fully saturated rings. The van der Waals surface area contributed by atoms with Gasteiger partial charge in [0.2, 0.25) is 20.0 Å². The monoisotopic (exact) mass is 374 g/mol. The first-order chi connectivity index (χ1) is 11.1. The van der Waals surface area contributed by atoms with Gasteiger partial charge in [-0.05, 0) is 49.8 Å². The van der Waals surface area contributed by atoms with Gasteiger partial charge in [-0.15, -0.1) is 0 Å². The van der Waals surface area contributed by atoms with Crippen molar-refractivity contribution >= 4 is 25.7 Å². The van der Waals surface area contributed by atoms with E-state index in [4.69, 9.17) is 0 Å². The van der Waals surface area contributed by atoms with Crippen molar-refractivity contribution in [3.05, 3.63) is 23.8 Å². The molecule has 0 aliphatic carbocycles. The molecule has 2 rings (SSSR count). The highest BCUT2D eigenvalue weighted by Crippen LogP contribution is 2.27. The van der Waals surface area contributed by atoms with Gasteiger partial charge >= 0.3 is 0 Å². The fourth-order valence-electron chi connectivity index (χ4n) is 2.67. The normalized spacial score (nSPS) is 18.1. The van der Waals surface area contributed by atoms with Crippen LogP contribution in [0.5, 0.6) is 0 Å². The second kappa shape index (κ2) is 7.41. The molecule has 0 aromatic heterocycles. The van der Waals surface area contributed by atoms with Gasteiger partial charge in [-0.2, -0.15) is 0 Å². The summed E-state index contributed by atoms with van der Waals surface area (Å²) < 4.78 is 53.5. The molecule has 0 bridgehead atoms. The lowest BCUT2D eigenvalue weighted by Gasteiger charge is -2.28. The zero-order chi connectivity index (χ0) is 18.0. The van der Waals surface area contributed by atoms with E-state index in [1.165, 1.54) is 10.4 Å². The second-order valence-electron chi connectivity index (χ2n) is 6.63. The van der Waals surface area contributed by atoms with Gasteiger partial charge in [0.25, 0.3) is 0 Å². The minimum absolute atomic E-state index is 0.107. The highest BCUT2D eigenvalue weighted by molar-refractivity contribution is 7.92. The van der Waals surface area contributed by atoms with Gasteiger partial charge in [0.1, 0.15) is 0 Å². The minimum atomic E-state index is -3.66. The Morgan fingerprint density at radius 2 is 1.96 bits per heavy atom. The summed E-state index contributed by atoms with van der Waals surface area (Å²) in [5, 5.41) is 0. The summed E-state index contributed by atoms with van der Waals surface area (Å²) in [6, 6.07) is 4.80. The lowest BCUT2D eigenvalue weighted by molar-refractivity contribution is 0.551. The Hall–Kier alpha value is -1.12. The number of hydrogen-bond donors (Lipinski definition) is 1. The van der Waals surface area contributed by atoms with Crippen LogP contribution in [0, 0.1) is 12.8 Å². The van der Waals surface area contributed by atoms with E-state index >= 15 is 0 Å². The predicted molar refractivity (Wildman–Crippen MR) is 96.2 cm³/mol. The molecular formula is C16H26N2O4S2. The van der Waals surface area contributed by atoms with E-state index in [-0.39, 0.29) is 10.6 Å². The summed E-state index contributed by atoms with van der Waals surface area (Å²) in [5.74, 6) is 0.508. The first kappa shape index (κ1) is 19.2. The summed E-state index contributed by atoms with van der Waals surface area (Å²) in [4.78, 5) is 0.143. The maximum atomic E-state index is 12.6. The Kier molecular flexibility index (Phi) is 5.93. The van der Waals surface area contributed by atoms with Gasteiger partial charge in [-0.3, -0.25) is 4.31 Å². The zero-order valence-electron chi connectivity index (χ0n) is 14.4. The van der Waals surface area contributed by atoms with Crippen LogP contribution in [-0.2, 0) is 20.0 Å². The quantitative estimate of drug-likeness (QED) is 0.828. The largest absolute Gasteiger partial charge is 0.270 e. The molecule has 0 unspecified atom stereocenters. The third-order valence-electron chi connectivity index (χ3n) is 4.11. The number of aryl methyl sites for hydroxylation is 1. The summed E-state index contributed by atoms with van der Waals surface area (Å²) in [5.41, 5.74) is 1.02. The number of hydrogen-bond acceptors (Lipinski definition) is 4. The molecule has 1 saturated heterocycles. The van der Waals surface area contributed by atoms with Gasteiger partial charge in [0.05, 0.1) is 16.3 Å². The molecule has 0 amide bonds. The van der Waals surface area contributed by atoms with Crippen molar-refractivity contribution in [1.82, 2.24) is 4.72 Å². The minimum Gasteiger partial charge on any atom is -0.270 e. The van der Waals surface area contributed by atoms with Crippen LogP contribution < -0.4 is 9.03 Å². The van der Waals surface area contributed by atoms with Crippen molar-refractivity contribution in [2.45, 2.75) is 44.9 Å². The van der Waals surface area contributed by atoms with Gasteiger partial charge in [-0.25, -0.2) is 21.6 Å². The van der Waals surface area contributed by atoms with Crippen molar-refractivity contribution in [2.75, 3.05) is 23.1 Å². The SMILES string of the molecule is Cc1ccc(N2CCCCS2(=O)=O)cc1S(=O)(=O)NCCC(C)C. The van der Waals surface area contributed by atoms with Crippen LogP contribution in [0.2, 0.25) is 0 Å². The van der Waals surface area contributed by atoms with Crippen molar-refractivity contribution in [1.29, 1.82) is 0 Å². The molecule has 0 saturated carbocycles. The van der Waals surface area contributed by atoms with Gasteiger partial charge in [0.15, 0.2) is 0 Å². The lowest BCUT2D eigenvalue weighted by atomic mass is 10.1. The van der Waals surface area contributed by atoms with Crippen LogP contribution in [0.4, 0.5) is 5.69 Å². The van der Waals surface area contributed by atoms with Crippen molar-refractivity contribution in [2.24, 2.45) is 5.92 Å². The standard InChI is InChI=1S/C16H26N2O4S2/c1-13(2)8-9-17-24(21,22)16-12-15(7-6-14(16)3)18-10-4-5-11-23(18,19)20/h6-7,12-13,17H,4-5,8-11H2,1-3H3. The molecule has 1 aromatic rings. The average Bonchev–Trinajstić information content (AvgIpc) is 2.47. The third-order valence-corrected chi connectivity index (χ3v) is 7.58. The van der Waals surface area contributed by atoms with E-state index in [0.717, 1.165) is 12.8 Å². The van der Waals surface area contributed by atoms with E-state index in [1.807, 2.05) is 13.8 Å². The molecule has 24 heavy (non-hydrogen) atoms. The first-order valence-electron chi connectivity index (χ1n) is 8.24. The maximum absolute atomic E-state index is 12.6. The Morgan fingerprint density at radius 3 is 2.58 bits per heavy atom. The molecule has 8 heteroatoms. The highest BCUT2D eigenvalue weighted by Gasteiger charge is 2.27. The Morgan fingerprint density at radius 1 is 1.25 bits per heavy atom. The van der Waals surface area contributed by atoms with E-state index in [2.05, 4.69) is 4.72 Å². The maximum Gasteiger partial charge on any atom is 0.240 e. The number of anilines is 1. The predicted octanol–water partition coefficient (Wildman–Crippen LogP) is 2.25. The van der Waals surface area contributed by atoms with Crippen LogP contribution in [0.1, 0.15) is 38.7 Å². The van der Waals surface area contributed by atoms with Gasteiger partial charge < -0.3 is 0 Å². The number of rotatable bonds is 6. The molecule has 1 aliphatic heterocycles. The Balaban J connectivity index is 2.31. The van der Waals surface area contributed by atoms with Crippen molar-refractivity contribution in [3.8, 4) is 0 Å². The Bertz CT molecular complexity index is 786. The molecule has 6 nitrogen and oxygen atoms in total. The third kappa shape index (κ3) is 4.49. The van der Waals surface area contributed by atoms with Gasteiger partial charge in [0, 0.05) is 13.1 Å². The molecule has 0 atom stereocenters. The summed E-state index contributed by atoms with van der Waals surface area (Å²) in [6.45, 7) is 6.53. The van der Waals surface area contributed by atoms with Crippen LogP contribution in [0.25, 0.3) is 0 Å². The molecule has 0 spiro atoms. The van der Waals surface area contributed by atoms with E-state index in [0.29, 0.717) is 36.7 Å². The Labute approximate surface area is 145 Å². The number of sulfonamides is 2. The molecule has 1 N–H and O–H groups in total. The summed E-state index contributed by atoms with van der Waals surface area (Å²) >= 11 is 0. The zero-order valence-corrected chi connectivity index (χ0v) is 16.1. The smallest absolute Gasteiger partial charge is 0.240 e. The van der Waals surface area contributed by atoms with Crippen molar-refractivity contribution in [3.63, 3.8) is 0 Å². The molecule has 1 aliphatic rings. The fourth-order valence-corrected chi connectivity index (χ4v) is 5.61. The molecular weight excluding hydrogens is 348 g/mol. The average molecular weight is 375 g/mol. The van der Waals surface area contributed by atoms with Crippen LogP contribution in [0.15, 0.2) is 23.1 Å². The van der Waals surface area contributed by atoms with Crippen molar-refractivity contribution < 1.29 is 16.8 Å². The van der Waals surface area contributed by atoms with Crippen LogP contribution in [-0.4, -0.2) is 35.7 Å². The topological polar surface area (TPSA) is 83.6 Å².